The quantitative estimate of drug-likeness (QED) is 0.683. The van der Waals surface area contributed by atoms with Gasteiger partial charge >= 0.3 is 0 Å². The molecule has 0 radical (unpaired) electrons. The summed E-state index contributed by atoms with van der Waals surface area (Å²) in [6.07, 6.45) is 2.78. The van der Waals surface area contributed by atoms with E-state index in [-0.39, 0.29) is 0 Å². The molecular formula is C11H22N2. The van der Waals surface area contributed by atoms with Crippen molar-refractivity contribution >= 4 is 0 Å². The summed E-state index contributed by atoms with van der Waals surface area (Å²) in [7, 11) is 0. The van der Waals surface area contributed by atoms with Crippen molar-refractivity contribution < 1.29 is 0 Å². The summed E-state index contributed by atoms with van der Waals surface area (Å²) in [4.78, 5) is 0. The fourth-order valence-electron chi connectivity index (χ4n) is 2.27. The van der Waals surface area contributed by atoms with Gasteiger partial charge in [-0.05, 0) is 56.3 Å². The van der Waals surface area contributed by atoms with Gasteiger partial charge in [0.1, 0.15) is 0 Å². The van der Waals surface area contributed by atoms with Gasteiger partial charge in [0.05, 0.1) is 0 Å². The van der Waals surface area contributed by atoms with Crippen molar-refractivity contribution in [2.45, 2.75) is 26.7 Å². The normalized spacial score (nSPS) is 36.5. The second-order valence-corrected chi connectivity index (χ2v) is 5.41. The molecule has 1 aliphatic carbocycles. The van der Waals surface area contributed by atoms with Crippen LogP contribution in [0.2, 0.25) is 0 Å². The zero-order chi connectivity index (χ0) is 9.31. The molecule has 2 nitrogen and oxygen atoms in total. The smallest absolute Gasteiger partial charge is 0.000778 e. The molecule has 0 aromatic carbocycles. The van der Waals surface area contributed by atoms with Gasteiger partial charge in [0.15, 0.2) is 0 Å². The zero-order valence-corrected chi connectivity index (χ0v) is 8.90. The highest BCUT2D eigenvalue weighted by atomic mass is 14.9. The Hall–Kier alpha value is -0.0800. The first kappa shape index (κ1) is 9.47. The molecule has 13 heavy (non-hydrogen) atoms. The highest BCUT2D eigenvalue weighted by molar-refractivity contribution is 4.96. The molecule has 2 atom stereocenters. The molecule has 76 valence electrons. The second kappa shape index (κ2) is 3.58. The topological polar surface area (TPSA) is 24.1 Å². The minimum absolute atomic E-state index is 0.640. The van der Waals surface area contributed by atoms with E-state index in [4.69, 9.17) is 0 Å². The highest BCUT2D eigenvalue weighted by Gasteiger charge is 2.44. The monoisotopic (exact) mass is 182 g/mol. The van der Waals surface area contributed by atoms with Gasteiger partial charge in [-0.25, -0.2) is 0 Å². The maximum atomic E-state index is 3.60. The highest BCUT2D eigenvalue weighted by Crippen LogP contribution is 2.50. The molecule has 0 bridgehead atoms. The molecule has 2 fully saturated rings. The van der Waals surface area contributed by atoms with Crippen LogP contribution in [0, 0.1) is 17.3 Å². The van der Waals surface area contributed by atoms with E-state index < -0.39 is 0 Å². The number of hydrogen-bond acceptors (Lipinski definition) is 2. The molecule has 2 unspecified atom stereocenters. The van der Waals surface area contributed by atoms with Gasteiger partial charge in [-0.2, -0.15) is 0 Å². The van der Waals surface area contributed by atoms with Crippen LogP contribution in [-0.2, 0) is 0 Å². The summed E-state index contributed by atoms with van der Waals surface area (Å²) >= 11 is 0. The molecule has 2 N–H and O–H groups in total. The maximum Gasteiger partial charge on any atom is -0.000778 e. The van der Waals surface area contributed by atoms with E-state index in [1.54, 1.807) is 0 Å². The molecule has 0 aromatic heterocycles. The van der Waals surface area contributed by atoms with Crippen LogP contribution in [0.15, 0.2) is 0 Å². The fourth-order valence-corrected chi connectivity index (χ4v) is 2.27. The van der Waals surface area contributed by atoms with Crippen molar-refractivity contribution in [3.8, 4) is 0 Å². The van der Waals surface area contributed by atoms with E-state index >= 15 is 0 Å². The Labute approximate surface area is 81.5 Å². The van der Waals surface area contributed by atoms with Gasteiger partial charge in [-0.15, -0.1) is 0 Å². The van der Waals surface area contributed by atoms with Crippen molar-refractivity contribution in [3.05, 3.63) is 0 Å². The molecule has 2 aliphatic rings. The van der Waals surface area contributed by atoms with Crippen LogP contribution < -0.4 is 10.6 Å². The molecule has 1 saturated heterocycles. The Morgan fingerprint density at radius 2 is 2.15 bits per heavy atom. The van der Waals surface area contributed by atoms with Crippen LogP contribution in [0.1, 0.15) is 26.7 Å². The Kier molecular flexibility index (Phi) is 2.61. The van der Waals surface area contributed by atoms with Gasteiger partial charge in [0.2, 0.25) is 0 Å². The molecule has 1 aliphatic heterocycles. The third-order valence-electron chi connectivity index (χ3n) is 3.70. The summed E-state index contributed by atoms with van der Waals surface area (Å²) in [6, 6.07) is 0. The number of hydrogen-bond donors (Lipinski definition) is 2. The third kappa shape index (κ3) is 2.44. The Bertz CT molecular complexity index is 166. The summed E-state index contributed by atoms with van der Waals surface area (Å²) in [5.41, 5.74) is 0.640. The van der Waals surface area contributed by atoms with Crippen LogP contribution in [0.3, 0.4) is 0 Å². The Balaban J connectivity index is 1.54. The van der Waals surface area contributed by atoms with Crippen molar-refractivity contribution in [1.29, 1.82) is 0 Å². The average molecular weight is 182 g/mol. The largest absolute Gasteiger partial charge is 0.316 e. The van der Waals surface area contributed by atoms with E-state index in [2.05, 4.69) is 24.5 Å². The van der Waals surface area contributed by atoms with E-state index in [9.17, 15) is 0 Å². The molecule has 0 aromatic rings. The minimum atomic E-state index is 0.640. The van der Waals surface area contributed by atoms with Crippen molar-refractivity contribution in [3.63, 3.8) is 0 Å². The van der Waals surface area contributed by atoms with Crippen LogP contribution in [-0.4, -0.2) is 26.2 Å². The number of rotatable bonds is 4. The van der Waals surface area contributed by atoms with Gasteiger partial charge < -0.3 is 10.6 Å². The fraction of sp³-hybridized carbons (Fsp3) is 1.00. The van der Waals surface area contributed by atoms with E-state index in [1.165, 1.54) is 39.0 Å². The van der Waals surface area contributed by atoms with Crippen LogP contribution in [0.4, 0.5) is 0 Å². The third-order valence-corrected chi connectivity index (χ3v) is 3.70. The first-order valence-corrected chi connectivity index (χ1v) is 5.60. The van der Waals surface area contributed by atoms with Crippen LogP contribution in [0.5, 0.6) is 0 Å². The maximum absolute atomic E-state index is 3.60. The summed E-state index contributed by atoms with van der Waals surface area (Å²) in [6.45, 7) is 9.65. The average Bonchev–Trinajstić information content (AvgIpc) is 2.53. The molecule has 0 amide bonds. The van der Waals surface area contributed by atoms with Crippen LogP contribution in [0.25, 0.3) is 0 Å². The summed E-state index contributed by atoms with van der Waals surface area (Å²) in [5, 5.41) is 7.01. The summed E-state index contributed by atoms with van der Waals surface area (Å²) in [5.74, 6) is 1.84. The second-order valence-electron chi connectivity index (χ2n) is 5.41. The molecule has 2 rings (SSSR count). The van der Waals surface area contributed by atoms with Gasteiger partial charge in [0, 0.05) is 0 Å². The Morgan fingerprint density at radius 3 is 2.69 bits per heavy atom. The lowest BCUT2D eigenvalue weighted by atomic mass is 10.1. The zero-order valence-electron chi connectivity index (χ0n) is 8.90. The standard InChI is InChI=1S/C11H22N2/c1-11(2)5-10(11)8-13-7-9-3-4-12-6-9/h9-10,12-13H,3-8H2,1-2H3. The first-order chi connectivity index (χ1) is 6.18. The molecule has 1 saturated carbocycles. The predicted octanol–water partition coefficient (Wildman–Crippen LogP) is 1.23. The van der Waals surface area contributed by atoms with E-state index in [0.29, 0.717) is 5.41 Å². The van der Waals surface area contributed by atoms with Crippen LogP contribution >= 0.6 is 0 Å². The molecule has 1 heterocycles. The number of nitrogens with one attached hydrogen (secondary N) is 2. The lowest BCUT2D eigenvalue weighted by molar-refractivity contribution is 0.470. The predicted molar refractivity (Wildman–Crippen MR) is 55.7 cm³/mol. The molecule has 2 heteroatoms. The SMILES string of the molecule is CC1(C)CC1CNCC1CCNC1. The van der Waals surface area contributed by atoms with E-state index in [0.717, 1.165) is 11.8 Å². The Morgan fingerprint density at radius 1 is 1.38 bits per heavy atom. The van der Waals surface area contributed by atoms with Crippen molar-refractivity contribution in [1.82, 2.24) is 10.6 Å². The lowest BCUT2D eigenvalue weighted by Crippen LogP contribution is -2.26. The first-order valence-electron chi connectivity index (χ1n) is 5.60. The van der Waals surface area contributed by atoms with Crippen molar-refractivity contribution in [2.24, 2.45) is 17.3 Å². The van der Waals surface area contributed by atoms with Gasteiger partial charge in [-0.1, -0.05) is 13.8 Å². The van der Waals surface area contributed by atoms with Gasteiger partial charge in [0.25, 0.3) is 0 Å². The summed E-state index contributed by atoms with van der Waals surface area (Å²) < 4.78 is 0. The van der Waals surface area contributed by atoms with Gasteiger partial charge in [-0.3, -0.25) is 0 Å². The minimum Gasteiger partial charge on any atom is -0.316 e. The van der Waals surface area contributed by atoms with Crippen molar-refractivity contribution in [2.75, 3.05) is 26.2 Å². The lowest BCUT2D eigenvalue weighted by Gasteiger charge is -2.10. The van der Waals surface area contributed by atoms with E-state index in [1.807, 2.05) is 0 Å². The molecule has 0 spiro atoms. The molecular weight excluding hydrogens is 160 g/mol.